The Bertz CT molecular complexity index is 728. The topological polar surface area (TPSA) is 43.5 Å². The highest BCUT2D eigenvalue weighted by atomic mass is 16.7. The number of hydrogen-bond acceptors (Lipinski definition) is 5. The Hall–Kier alpha value is -0.980. The van der Waals surface area contributed by atoms with Crippen LogP contribution in [0.5, 0.6) is 0 Å². The van der Waals surface area contributed by atoms with Crippen LogP contribution in [0.25, 0.3) is 0 Å². The normalized spacial score (nSPS) is 33.2. The summed E-state index contributed by atoms with van der Waals surface area (Å²) in [6, 6.07) is 8.83. The van der Waals surface area contributed by atoms with E-state index in [1.54, 1.807) is 0 Å². The predicted octanol–water partition coefficient (Wildman–Crippen LogP) is 6.07. The van der Waals surface area contributed by atoms with Gasteiger partial charge in [-0.05, 0) is 58.6 Å². The smallest absolute Gasteiger partial charge is 0.174 e. The van der Waals surface area contributed by atoms with E-state index in [1.807, 2.05) is 0 Å². The zero-order chi connectivity index (χ0) is 23.6. The van der Waals surface area contributed by atoms with Crippen molar-refractivity contribution >= 4 is 0 Å². The first-order valence-corrected chi connectivity index (χ1v) is 12.6. The Morgan fingerprint density at radius 2 is 1.62 bits per heavy atom. The number of ether oxygens (including phenoxy) is 3. The quantitative estimate of drug-likeness (QED) is 0.304. The molecule has 32 heavy (non-hydrogen) atoms. The molecule has 0 N–H and O–H groups in total. The van der Waals surface area contributed by atoms with Crippen LogP contribution in [0.3, 0.4) is 0 Å². The molecule has 2 aliphatic rings. The van der Waals surface area contributed by atoms with Crippen LogP contribution in [0, 0.1) is 5.92 Å². The fourth-order valence-electron chi connectivity index (χ4n) is 5.46. The van der Waals surface area contributed by atoms with Crippen molar-refractivity contribution in [2.75, 3.05) is 19.8 Å². The molecule has 1 aromatic carbocycles. The average Bonchev–Trinajstić information content (AvgIpc) is 3.60. The van der Waals surface area contributed by atoms with Crippen LogP contribution < -0.4 is 0 Å². The third-order valence-corrected chi connectivity index (χ3v) is 8.01. The van der Waals surface area contributed by atoms with E-state index in [1.165, 1.54) is 11.1 Å². The highest BCUT2D eigenvalue weighted by molar-refractivity contribution is 5.25. The lowest BCUT2D eigenvalue weighted by Crippen LogP contribution is -2.72. The van der Waals surface area contributed by atoms with E-state index in [0.29, 0.717) is 19.3 Å². The number of epoxide rings is 1. The standard InChI is InChI=1S/C27H45NO4/c1-9-25(7)19-27(30-11-3,31-12-4)21(6)26(8,10-2)28(25)32-20(5)23-15-13-22(14-16-23)17-24-18-29-24/h13-16,20-21,24H,9-12,17-19H2,1-8H3. The minimum Gasteiger partial charge on any atom is -0.373 e. The van der Waals surface area contributed by atoms with E-state index in [-0.39, 0.29) is 23.1 Å². The van der Waals surface area contributed by atoms with Gasteiger partial charge in [0, 0.05) is 37.5 Å². The van der Waals surface area contributed by atoms with Crippen molar-refractivity contribution < 1.29 is 19.0 Å². The van der Waals surface area contributed by atoms with Gasteiger partial charge in [-0.15, -0.1) is 0 Å². The number of rotatable bonds is 11. The summed E-state index contributed by atoms with van der Waals surface area (Å²) in [6.45, 7) is 19.8. The molecule has 0 spiro atoms. The van der Waals surface area contributed by atoms with Crippen LogP contribution in [-0.2, 0) is 25.5 Å². The zero-order valence-electron chi connectivity index (χ0n) is 21.6. The summed E-state index contributed by atoms with van der Waals surface area (Å²) in [5.41, 5.74) is 2.08. The molecule has 3 rings (SSSR count). The lowest BCUT2D eigenvalue weighted by atomic mass is 9.67. The van der Waals surface area contributed by atoms with Gasteiger partial charge < -0.3 is 14.2 Å². The van der Waals surface area contributed by atoms with E-state index >= 15 is 0 Å². The third-order valence-electron chi connectivity index (χ3n) is 8.01. The minimum atomic E-state index is -0.603. The van der Waals surface area contributed by atoms with Gasteiger partial charge in [-0.1, -0.05) is 45.0 Å². The van der Waals surface area contributed by atoms with Crippen molar-refractivity contribution in [1.29, 1.82) is 0 Å². The first kappa shape index (κ1) is 25.6. The monoisotopic (exact) mass is 447 g/mol. The number of piperidine rings is 1. The van der Waals surface area contributed by atoms with Crippen LogP contribution in [0.4, 0.5) is 0 Å². The maximum Gasteiger partial charge on any atom is 0.174 e. The van der Waals surface area contributed by atoms with E-state index in [0.717, 1.165) is 32.3 Å². The summed E-state index contributed by atoms with van der Waals surface area (Å²) < 4.78 is 18.2. The van der Waals surface area contributed by atoms with E-state index in [4.69, 9.17) is 19.0 Å². The van der Waals surface area contributed by atoms with Gasteiger partial charge in [0.25, 0.3) is 0 Å². The Kier molecular flexibility index (Phi) is 8.10. The first-order chi connectivity index (χ1) is 15.2. The molecule has 2 aliphatic heterocycles. The zero-order valence-corrected chi connectivity index (χ0v) is 21.6. The van der Waals surface area contributed by atoms with Gasteiger partial charge in [0.15, 0.2) is 5.79 Å². The van der Waals surface area contributed by atoms with Crippen molar-refractivity contribution in [3.8, 4) is 0 Å². The summed E-state index contributed by atoms with van der Waals surface area (Å²) in [7, 11) is 0. The SMILES string of the molecule is CCOC1(OCC)CC(C)(CC)N(OC(C)c2ccc(CC3CO3)cc2)C(C)(CC)C1C. The molecule has 5 unspecified atom stereocenters. The predicted molar refractivity (Wildman–Crippen MR) is 128 cm³/mol. The van der Waals surface area contributed by atoms with Crippen molar-refractivity contribution in [3.05, 3.63) is 35.4 Å². The molecule has 2 saturated heterocycles. The van der Waals surface area contributed by atoms with Gasteiger partial charge in [0.1, 0.15) is 6.10 Å². The average molecular weight is 448 g/mol. The number of benzene rings is 1. The Labute approximate surface area is 195 Å². The molecule has 5 atom stereocenters. The van der Waals surface area contributed by atoms with Gasteiger partial charge in [0.2, 0.25) is 0 Å². The van der Waals surface area contributed by atoms with Crippen molar-refractivity contribution in [3.63, 3.8) is 0 Å². The van der Waals surface area contributed by atoms with E-state index in [2.05, 4.69) is 84.7 Å². The fourth-order valence-corrected chi connectivity index (χ4v) is 5.46. The molecule has 0 saturated carbocycles. The summed E-state index contributed by atoms with van der Waals surface area (Å²) in [5, 5.41) is 2.30. The second-order valence-corrected chi connectivity index (χ2v) is 10.1. The molecule has 0 aliphatic carbocycles. The molecule has 5 nitrogen and oxygen atoms in total. The Morgan fingerprint density at radius 3 is 2.09 bits per heavy atom. The molecule has 0 radical (unpaired) electrons. The van der Waals surface area contributed by atoms with Crippen LogP contribution in [0.2, 0.25) is 0 Å². The summed E-state index contributed by atoms with van der Waals surface area (Å²) in [5.74, 6) is -0.457. The first-order valence-electron chi connectivity index (χ1n) is 12.6. The molecule has 2 fully saturated rings. The van der Waals surface area contributed by atoms with Gasteiger partial charge in [-0.25, -0.2) is 0 Å². The molecule has 182 valence electrons. The lowest BCUT2D eigenvalue weighted by Gasteiger charge is -2.63. The third kappa shape index (κ3) is 4.92. The fraction of sp³-hybridized carbons (Fsp3) is 0.778. The molecule has 0 aromatic heterocycles. The van der Waals surface area contributed by atoms with Gasteiger partial charge in [0.05, 0.1) is 18.2 Å². The Morgan fingerprint density at radius 1 is 1.03 bits per heavy atom. The second-order valence-electron chi connectivity index (χ2n) is 10.1. The van der Waals surface area contributed by atoms with Crippen LogP contribution in [-0.4, -0.2) is 47.9 Å². The van der Waals surface area contributed by atoms with E-state index < -0.39 is 5.79 Å². The molecular weight excluding hydrogens is 402 g/mol. The van der Waals surface area contributed by atoms with Crippen LogP contribution in [0.15, 0.2) is 24.3 Å². The van der Waals surface area contributed by atoms with E-state index in [9.17, 15) is 0 Å². The van der Waals surface area contributed by atoms with Gasteiger partial charge in [-0.3, -0.25) is 4.84 Å². The Balaban J connectivity index is 1.87. The van der Waals surface area contributed by atoms with Crippen molar-refractivity contribution in [1.82, 2.24) is 5.06 Å². The molecule has 5 heteroatoms. The molecule has 0 amide bonds. The lowest BCUT2D eigenvalue weighted by molar-refractivity contribution is -0.395. The highest BCUT2D eigenvalue weighted by Gasteiger charge is 2.62. The number of hydrogen-bond donors (Lipinski definition) is 0. The minimum absolute atomic E-state index is 0.0446. The largest absolute Gasteiger partial charge is 0.373 e. The van der Waals surface area contributed by atoms with Crippen LogP contribution in [0.1, 0.15) is 91.9 Å². The molecular formula is C27H45NO4. The second kappa shape index (κ2) is 10.1. The van der Waals surface area contributed by atoms with Crippen molar-refractivity contribution in [2.45, 2.75) is 110 Å². The molecule has 2 heterocycles. The van der Waals surface area contributed by atoms with Crippen molar-refractivity contribution in [2.24, 2.45) is 5.92 Å². The maximum absolute atomic E-state index is 6.84. The molecule has 1 aromatic rings. The summed E-state index contributed by atoms with van der Waals surface area (Å²) in [4.78, 5) is 6.84. The molecule has 0 bridgehead atoms. The summed E-state index contributed by atoms with van der Waals surface area (Å²) >= 11 is 0. The van der Waals surface area contributed by atoms with Crippen LogP contribution >= 0.6 is 0 Å². The number of hydroxylamine groups is 2. The number of nitrogens with zero attached hydrogens (tertiary/aromatic N) is 1. The summed E-state index contributed by atoms with van der Waals surface area (Å²) in [6.07, 6.45) is 4.04. The maximum atomic E-state index is 6.84. The van der Waals surface area contributed by atoms with Gasteiger partial charge in [-0.2, -0.15) is 5.06 Å². The highest BCUT2D eigenvalue weighted by Crippen LogP contribution is 2.53. The van der Waals surface area contributed by atoms with Gasteiger partial charge >= 0.3 is 0 Å².